The zero-order chi connectivity index (χ0) is 39.7. The summed E-state index contributed by atoms with van der Waals surface area (Å²) < 4.78 is 51.3. The van der Waals surface area contributed by atoms with E-state index in [0.717, 1.165) is 38.8 Å². The van der Waals surface area contributed by atoms with Crippen LogP contribution in [0.2, 0.25) is 0 Å². The Morgan fingerprint density at radius 3 is 2.22 bits per heavy atom. The SMILES string of the molecule is CC(C)c1ccc2c(c1)oc1c[c-]c(-c3cc(C(C)(C)c4ccccc4)ccn3)cc12.[2H]C([2H])([2H])c1c[c-]c(-c2cc(CC(C)C)c(C([2H])([2H])[2H])cn2)cc1.[Ir]. The predicted octanol–water partition coefficient (Wildman–Crippen LogP) is 12.3. The van der Waals surface area contributed by atoms with Gasteiger partial charge >= 0.3 is 0 Å². The summed E-state index contributed by atoms with van der Waals surface area (Å²) >= 11 is 0. The molecule has 1 radical (unpaired) electrons. The number of pyridine rings is 2. The average molecular weight is 841 g/mol. The van der Waals surface area contributed by atoms with Crippen molar-refractivity contribution >= 4 is 21.9 Å². The minimum atomic E-state index is -2.20. The summed E-state index contributed by atoms with van der Waals surface area (Å²) in [4.78, 5) is 8.91. The molecular weight excluding hydrogens is 789 g/mol. The van der Waals surface area contributed by atoms with Crippen molar-refractivity contribution in [1.82, 2.24) is 9.97 Å². The topological polar surface area (TPSA) is 38.9 Å². The van der Waals surface area contributed by atoms with Crippen LogP contribution in [0.4, 0.5) is 0 Å². The Bertz CT molecular complexity index is 2410. The number of hydrogen-bond donors (Lipinski definition) is 0. The first kappa shape index (κ1) is 29.4. The molecular formula is C46H46IrN2O-2. The van der Waals surface area contributed by atoms with E-state index in [2.05, 4.69) is 117 Å². The minimum Gasteiger partial charge on any atom is -0.500 e. The molecule has 3 aromatic heterocycles. The molecule has 0 aliphatic rings. The summed E-state index contributed by atoms with van der Waals surface area (Å²) in [6.07, 6.45) is 3.93. The van der Waals surface area contributed by atoms with Crippen LogP contribution in [-0.2, 0) is 31.9 Å². The molecule has 4 aromatic carbocycles. The van der Waals surface area contributed by atoms with Gasteiger partial charge in [-0.1, -0.05) is 114 Å². The van der Waals surface area contributed by atoms with Crippen molar-refractivity contribution in [1.29, 1.82) is 0 Å². The third kappa shape index (κ3) is 8.15. The van der Waals surface area contributed by atoms with Gasteiger partial charge in [0.05, 0.1) is 5.58 Å². The van der Waals surface area contributed by atoms with Gasteiger partial charge in [-0.2, -0.15) is 0 Å². The second-order valence-electron chi connectivity index (χ2n) is 13.9. The van der Waals surface area contributed by atoms with E-state index in [9.17, 15) is 0 Å². The van der Waals surface area contributed by atoms with E-state index < -0.39 is 13.7 Å². The fourth-order valence-corrected chi connectivity index (χ4v) is 6.07. The van der Waals surface area contributed by atoms with Crippen LogP contribution >= 0.6 is 0 Å². The van der Waals surface area contributed by atoms with Crippen LogP contribution in [0.3, 0.4) is 0 Å². The third-order valence-electron chi connectivity index (χ3n) is 9.05. The summed E-state index contributed by atoms with van der Waals surface area (Å²) in [5.41, 5.74) is 9.84. The Morgan fingerprint density at radius 1 is 0.740 bits per heavy atom. The van der Waals surface area contributed by atoms with Crippen LogP contribution in [0.1, 0.15) is 89.1 Å². The number of hydrogen-bond acceptors (Lipinski definition) is 3. The smallest absolute Gasteiger partial charge is 0.121 e. The number of benzene rings is 4. The van der Waals surface area contributed by atoms with Gasteiger partial charge in [-0.3, -0.25) is 0 Å². The van der Waals surface area contributed by atoms with E-state index in [1.54, 1.807) is 12.1 Å². The largest absolute Gasteiger partial charge is 0.500 e. The van der Waals surface area contributed by atoms with E-state index in [4.69, 9.17) is 12.6 Å². The van der Waals surface area contributed by atoms with Gasteiger partial charge < -0.3 is 14.4 Å². The third-order valence-corrected chi connectivity index (χ3v) is 9.05. The molecule has 0 fully saturated rings. The summed E-state index contributed by atoms with van der Waals surface area (Å²) in [5, 5.41) is 2.24. The first-order chi connectivity index (χ1) is 25.9. The Labute approximate surface area is 320 Å². The summed E-state index contributed by atoms with van der Waals surface area (Å²) in [5.74, 6) is 0.780. The monoisotopic (exact) mass is 841 g/mol. The molecule has 0 N–H and O–H groups in total. The minimum absolute atomic E-state index is 0. The van der Waals surface area contributed by atoms with Gasteiger partial charge in [-0.05, 0) is 70.9 Å². The Kier molecular flexibility index (Phi) is 9.20. The van der Waals surface area contributed by atoms with E-state index in [1.807, 2.05) is 26.1 Å². The van der Waals surface area contributed by atoms with Crippen LogP contribution in [0, 0.1) is 31.8 Å². The standard InChI is InChI=1S/C29H26NO.C17H20N.Ir/c1-19(2)20-10-12-24-25-16-21(11-13-27(25)31-28(24)17-20)26-18-23(14-15-30-26)29(3,4)22-8-6-5-7-9-22;1-12(2)9-16-10-17(18-11-14(16)4)15-7-5-13(3)6-8-15;/h5-10,12-19H,1-4H3;5-7,10-12H,9H2,1-4H3;/q2*-1;/i;3D3,4D3;. The normalized spacial score (nSPS) is 13.8. The number of fused-ring (bicyclic) bond motifs is 3. The number of rotatable bonds is 7. The summed E-state index contributed by atoms with van der Waals surface area (Å²) in [7, 11) is 0. The van der Waals surface area contributed by atoms with Crippen LogP contribution < -0.4 is 0 Å². The zero-order valence-electron chi connectivity index (χ0n) is 35.4. The van der Waals surface area contributed by atoms with Gasteiger partial charge in [0, 0.05) is 51.5 Å². The molecule has 3 nitrogen and oxygen atoms in total. The van der Waals surface area contributed by atoms with Gasteiger partial charge in [0.1, 0.15) is 5.58 Å². The quantitative estimate of drug-likeness (QED) is 0.150. The van der Waals surface area contributed by atoms with Crippen molar-refractivity contribution in [3.63, 3.8) is 0 Å². The van der Waals surface area contributed by atoms with Crippen LogP contribution in [-0.4, -0.2) is 9.97 Å². The molecule has 7 aromatic rings. The van der Waals surface area contributed by atoms with Gasteiger partial charge in [-0.15, -0.1) is 59.2 Å². The molecule has 50 heavy (non-hydrogen) atoms. The molecule has 3 heterocycles. The van der Waals surface area contributed by atoms with Gasteiger partial charge in [0.25, 0.3) is 0 Å². The van der Waals surface area contributed by atoms with E-state index in [1.165, 1.54) is 35.0 Å². The van der Waals surface area contributed by atoms with E-state index in [-0.39, 0.29) is 36.6 Å². The van der Waals surface area contributed by atoms with Gasteiger partial charge in [0.2, 0.25) is 0 Å². The molecule has 0 saturated carbocycles. The molecule has 0 saturated heterocycles. The number of nitrogens with zero attached hydrogens (tertiary/aromatic N) is 2. The number of aryl methyl sites for hydroxylation is 2. The maximum Gasteiger partial charge on any atom is 0.121 e. The molecule has 0 aliphatic carbocycles. The van der Waals surface area contributed by atoms with Gasteiger partial charge in [0.15, 0.2) is 0 Å². The molecule has 0 amide bonds. The zero-order valence-corrected chi connectivity index (χ0v) is 31.8. The molecule has 0 unspecified atom stereocenters. The maximum atomic E-state index is 7.65. The maximum absolute atomic E-state index is 7.65. The van der Waals surface area contributed by atoms with Crippen molar-refractivity contribution in [2.24, 2.45) is 5.92 Å². The van der Waals surface area contributed by atoms with Crippen LogP contribution in [0.25, 0.3) is 44.5 Å². The summed E-state index contributed by atoms with van der Waals surface area (Å²) in [6, 6.07) is 38.2. The molecule has 0 bridgehead atoms. The first-order valence-corrected chi connectivity index (χ1v) is 16.8. The molecule has 0 atom stereocenters. The number of furan rings is 1. The van der Waals surface area contributed by atoms with Crippen molar-refractivity contribution in [2.75, 3.05) is 0 Å². The van der Waals surface area contributed by atoms with E-state index >= 15 is 0 Å². The van der Waals surface area contributed by atoms with Crippen molar-refractivity contribution < 1.29 is 32.7 Å². The fraction of sp³-hybridized carbons (Fsp3) is 0.261. The Balaban J connectivity index is 0.000000218. The first-order valence-electron chi connectivity index (χ1n) is 19.8. The second kappa shape index (κ2) is 15.7. The van der Waals surface area contributed by atoms with Crippen molar-refractivity contribution in [3.8, 4) is 22.5 Å². The number of aromatic nitrogens is 2. The predicted molar refractivity (Wildman–Crippen MR) is 205 cm³/mol. The van der Waals surface area contributed by atoms with E-state index in [0.29, 0.717) is 29.5 Å². The average Bonchev–Trinajstić information content (AvgIpc) is 3.52. The van der Waals surface area contributed by atoms with Crippen LogP contribution in [0.15, 0.2) is 114 Å². The molecule has 0 spiro atoms. The van der Waals surface area contributed by atoms with Crippen LogP contribution in [0.5, 0.6) is 0 Å². The second-order valence-corrected chi connectivity index (χ2v) is 13.9. The fourth-order valence-electron chi connectivity index (χ4n) is 6.07. The summed E-state index contributed by atoms with van der Waals surface area (Å²) in [6.45, 7) is 8.59. The van der Waals surface area contributed by atoms with Crippen molar-refractivity contribution in [2.45, 2.75) is 73.0 Å². The Hall–Kier alpha value is -4.37. The molecule has 7 rings (SSSR count). The molecule has 0 aliphatic heterocycles. The van der Waals surface area contributed by atoms with Crippen molar-refractivity contribution in [3.05, 3.63) is 155 Å². The molecule has 257 valence electrons. The Morgan fingerprint density at radius 2 is 1.52 bits per heavy atom. The van der Waals surface area contributed by atoms with Gasteiger partial charge in [-0.25, -0.2) is 0 Å². The molecule has 4 heteroatoms.